The van der Waals surface area contributed by atoms with Crippen LogP contribution in [0.1, 0.15) is 22.7 Å². The van der Waals surface area contributed by atoms with Gasteiger partial charge in [-0.2, -0.15) is 0 Å². The summed E-state index contributed by atoms with van der Waals surface area (Å²) in [5.74, 6) is 0. The Balaban J connectivity index is 2.64. The molecular weight excluding hydrogens is 124 g/mol. The maximum Gasteiger partial charge on any atom is 0.0793 e. The van der Waals surface area contributed by atoms with Gasteiger partial charge < -0.3 is 4.74 Å². The summed E-state index contributed by atoms with van der Waals surface area (Å²) in [6.45, 7) is 1.72. The molecule has 0 spiro atoms. The van der Waals surface area contributed by atoms with Crippen molar-refractivity contribution in [3.8, 4) is 0 Å². The molecule has 54 valence electrons. The van der Waals surface area contributed by atoms with Crippen molar-refractivity contribution in [2.45, 2.75) is 13.0 Å². The zero-order valence-corrected chi connectivity index (χ0v) is 5.87. The smallest absolute Gasteiger partial charge is 0.0793 e. The molecule has 1 rings (SSSR count). The van der Waals surface area contributed by atoms with Gasteiger partial charge in [0.1, 0.15) is 0 Å². The fraction of sp³-hybridized carbons (Fsp3) is 0.333. The van der Waals surface area contributed by atoms with Crippen LogP contribution in [0.3, 0.4) is 0 Å². The molecule has 1 aromatic rings. The van der Waals surface area contributed by atoms with E-state index in [1.54, 1.807) is 6.92 Å². The zero-order valence-electron chi connectivity index (χ0n) is 8.87. The highest BCUT2D eigenvalue weighted by Crippen LogP contribution is 2.13. The Morgan fingerprint density at radius 2 is 2.10 bits per heavy atom. The van der Waals surface area contributed by atoms with E-state index in [0.717, 1.165) is 5.56 Å². The minimum absolute atomic E-state index is 0.395. The Morgan fingerprint density at radius 1 is 1.40 bits per heavy atom. The van der Waals surface area contributed by atoms with Crippen LogP contribution in [0.4, 0.5) is 0 Å². The largest absolute Gasteiger partial charge is 0.377 e. The van der Waals surface area contributed by atoms with Gasteiger partial charge in [0, 0.05) is 7.04 Å². The first kappa shape index (κ1) is 4.14. The molecule has 0 aliphatic rings. The van der Waals surface area contributed by atoms with Gasteiger partial charge >= 0.3 is 0 Å². The fourth-order valence-electron chi connectivity index (χ4n) is 0.792. The van der Waals surface area contributed by atoms with Crippen molar-refractivity contribution in [1.29, 1.82) is 0 Å². The molecule has 0 saturated heterocycles. The predicted octanol–water partition coefficient (Wildman–Crippen LogP) is 2.39. The van der Waals surface area contributed by atoms with E-state index in [2.05, 4.69) is 0 Å². The second-order valence-corrected chi connectivity index (χ2v) is 2.17. The van der Waals surface area contributed by atoms with Crippen LogP contribution >= 0.6 is 0 Å². The zero-order chi connectivity index (χ0) is 9.90. The van der Waals surface area contributed by atoms with Crippen molar-refractivity contribution >= 4 is 0 Å². The first-order valence-electron chi connectivity index (χ1n) is 4.72. The van der Waals surface area contributed by atoms with E-state index in [-0.39, 0.29) is 0 Å². The molecule has 1 nitrogen and oxygen atoms in total. The van der Waals surface area contributed by atoms with Gasteiger partial charge in [0.25, 0.3) is 0 Å². The molecule has 1 heteroatoms. The Hall–Kier alpha value is -0.820. The van der Waals surface area contributed by atoms with Crippen molar-refractivity contribution < 1.29 is 8.85 Å². The Morgan fingerprint density at radius 3 is 2.70 bits per heavy atom. The van der Waals surface area contributed by atoms with Crippen molar-refractivity contribution in [3.05, 3.63) is 35.9 Å². The quantitative estimate of drug-likeness (QED) is 0.611. The summed E-state index contributed by atoms with van der Waals surface area (Å²) < 4.78 is 25.6. The van der Waals surface area contributed by atoms with E-state index in [9.17, 15) is 0 Å². The first-order valence-corrected chi connectivity index (χ1v) is 3.22. The second-order valence-electron chi connectivity index (χ2n) is 2.17. The minimum atomic E-state index is -2.32. The van der Waals surface area contributed by atoms with E-state index in [1.807, 2.05) is 30.3 Å². The Bertz CT molecular complexity index is 255. The van der Waals surface area contributed by atoms with Gasteiger partial charge in [-0.25, -0.2) is 0 Å². The van der Waals surface area contributed by atoms with Crippen LogP contribution < -0.4 is 0 Å². The summed E-state index contributed by atoms with van der Waals surface area (Å²) in [4.78, 5) is 0. The number of rotatable bonds is 2. The highest BCUT2D eigenvalue weighted by Gasteiger charge is 1.99. The lowest BCUT2D eigenvalue weighted by atomic mass is 10.1. The summed E-state index contributed by atoms with van der Waals surface area (Å²) in [7, 11) is -2.32. The summed E-state index contributed by atoms with van der Waals surface area (Å²) in [5.41, 5.74) is 0.874. The molecule has 0 amide bonds. The number of hydrogen-bond donors (Lipinski definition) is 0. The van der Waals surface area contributed by atoms with Gasteiger partial charge in [-0.3, -0.25) is 0 Å². The van der Waals surface area contributed by atoms with E-state index in [0.29, 0.717) is 0 Å². The van der Waals surface area contributed by atoms with E-state index < -0.39 is 13.1 Å². The maximum atomic E-state index is 6.92. The van der Waals surface area contributed by atoms with Crippen molar-refractivity contribution in [1.82, 2.24) is 0 Å². The summed E-state index contributed by atoms with van der Waals surface area (Å²) in [6, 6.07) is 9.28. The third-order valence-corrected chi connectivity index (χ3v) is 1.45. The minimum Gasteiger partial charge on any atom is -0.377 e. The number of methoxy groups -OCH3 is 1. The molecule has 1 atom stereocenters. The number of benzene rings is 1. The van der Waals surface area contributed by atoms with Gasteiger partial charge in [0.2, 0.25) is 0 Å². The number of hydrogen-bond acceptors (Lipinski definition) is 1. The lowest BCUT2D eigenvalue weighted by molar-refractivity contribution is 0.119. The maximum absolute atomic E-state index is 6.92. The van der Waals surface area contributed by atoms with Crippen LogP contribution in [0, 0.1) is 0 Å². The third kappa shape index (κ3) is 1.58. The second kappa shape index (κ2) is 3.37. The van der Waals surface area contributed by atoms with E-state index in [1.165, 1.54) is 0 Å². The molecule has 0 heterocycles. The molecule has 0 unspecified atom stereocenters. The molecule has 0 radical (unpaired) electrons. The average molecular weight is 139 g/mol. The Kier molecular flexibility index (Phi) is 1.40. The first-order chi connectivity index (χ1) is 5.99. The van der Waals surface area contributed by atoms with Gasteiger partial charge in [-0.1, -0.05) is 30.3 Å². The van der Waals surface area contributed by atoms with Gasteiger partial charge in [-0.05, 0) is 12.5 Å². The fourth-order valence-corrected chi connectivity index (χ4v) is 0.792. The van der Waals surface area contributed by atoms with Crippen LogP contribution in [0.5, 0.6) is 0 Å². The van der Waals surface area contributed by atoms with Crippen molar-refractivity contribution in [3.63, 3.8) is 0 Å². The molecule has 0 fully saturated rings. The monoisotopic (exact) mass is 139 g/mol. The van der Waals surface area contributed by atoms with Crippen LogP contribution in [0.15, 0.2) is 30.3 Å². The lowest BCUT2D eigenvalue weighted by Gasteiger charge is -2.07. The van der Waals surface area contributed by atoms with Crippen molar-refractivity contribution in [2.75, 3.05) is 7.04 Å². The van der Waals surface area contributed by atoms with Crippen LogP contribution in [-0.2, 0) is 4.74 Å². The van der Waals surface area contributed by atoms with E-state index >= 15 is 0 Å². The van der Waals surface area contributed by atoms with Gasteiger partial charge in [0.05, 0.1) is 10.2 Å². The molecule has 0 aliphatic carbocycles. The van der Waals surface area contributed by atoms with Crippen LogP contribution in [0.25, 0.3) is 0 Å². The molecule has 0 bridgehead atoms. The van der Waals surface area contributed by atoms with Crippen LogP contribution in [0.2, 0.25) is 0 Å². The SMILES string of the molecule is [2H]C([2H])([2H])O[C@@H](C)c1ccccc1. The molecular formula is C9H12O. The van der Waals surface area contributed by atoms with Crippen LogP contribution in [-0.4, -0.2) is 7.04 Å². The third-order valence-electron chi connectivity index (χ3n) is 1.45. The topological polar surface area (TPSA) is 9.23 Å². The highest BCUT2D eigenvalue weighted by atomic mass is 16.5. The van der Waals surface area contributed by atoms with Crippen molar-refractivity contribution in [2.24, 2.45) is 0 Å². The summed E-state index contributed by atoms with van der Waals surface area (Å²) in [6.07, 6.45) is -0.395. The lowest BCUT2D eigenvalue weighted by Crippen LogP contribution is -1.93. The normalized spacial score (nSPS) is 18.7. The predicted molar refractivity (Wildman–Crippen MR) is 41.9 cm³/mol. The average Bonchev–Trinajstić information content (AvgIpc) is 2.03. The molecule has 10 heavy (non-hydrogen) atoms. The molecule has 0 aromatic heterocycles. The molecule has 0 aliphatic heterocycles. The van der Waals surface area contributed by atoms with E-state index in [4.69, 9.17) is 8.85 Å². The van der Waals surface area contributed by atoms with Gasteiger partial charge in [-0.15, -0.1) is 0 Å². The molecule has 1 aromatic carbocycles. The van der Waals surface area contributed by atoms with Gasteiger partial charge in [0.15, 0.2) is 0 Å². The Labute approximate surface area is 65.9 Å². The summed E-state index contributed by atoms with van der Waals surface area (Å²) in [5, 5.41) is 0. The number of ether oxygens (including phenoxy) is 1. The standard InChI is InChI=1S/C9H12O/c1-8(10-2)9-6-4-3-5-7-9/h3-8H,1-2H3/t8-/m0/s1/i2D3. The highest BCUT2D eigenvalue weighted by molar-refractivity contribution is 5.16. The summed E-state index contributed by atoms with van der Waals surface area (Å²) >= 11 is 0. The molecule has 0 saturated carbocycles. The molecule has 0 N–H and O–H groups in total.